The van der Waals surface area contributed by atoms with E-state index in [2.05, 4.69) is 19.2 Å². The van der Waals surface area contributed by atoms with Crippen LogP contribution in [0.2, 0.25) is 0 Å². The van der Waals surface area contributed by atoms with E-state index in [4.69, 9.17) is 9.47 Å². The molecule has 1 saturated carbocycles. The van der Waals surface area contributed by atoms with Crippen molar-refractivity contribution in [1.82, 2.24) is 5.32 Å². The van der Waals surface area contributed by atoms with E-state index in [0.717, 1.165) is 44.1 Å². The van der Waals surface area contributed by atoms with Gasteiger partial charge in [-0.15, -0.1) is 0 Å². The summed E-state index contributed by atoms with van der Waals surface area (Å²) < 4.78 is 12.4. The number of nitrogens with one attached hydrogen (secondary N) is 1. The number of hydrogen-bond acceptors (Lipinski definition) is 6. The number of carbonyl (C=O) groups is 3. The molecule has 5 aliphatic rings. The summed E-state index contributed by atoms with van der Waals surface area (Å²) in [6.45, 7) is 6.17. The third kappa shape index (κ3) is 2.74. The molecule has 1 aromatic rings. The normalized spacial score (nSPS) is 39.5. The Morgan fingerprint density at radius 1 is 1.19 bits per heavy atom. The molecule has 2 bridgehead atoms. The molecule has 0 radical (unpaired) electrons. The number of aromatic hydroxyl groups is 1. The molecule has 0 unspecified atom stereocenters. The number of fused-ring (bicyclic) bond motifs is 1. The number of unbranched alkanes of at least 4 members (excludes halogenated alkanes) is 2. The van der Waals surface area contributed by atoms with Crippen LogP contribution in [0.4, 0.5) is 0 Å². The summed E-state index contributed by atoms with van der Waals surface area (Å²) in [6, 6.07) is 3.16. The lowest BCUT2D eigenvalue weighted by Crippen LogP contribution is -2.54. The predicted octanol–water partition coefficient (Wildman–Crippen LogP) is 4.74. The van der Waals surface area contributed by atoms with Crippen molar-refractivity contribution in [2.75, 3.05) is 7.11 Å². The average Bonchev–Trinajstić information content (AvgIpc) is 3.44. The van der Waals surface area contributed by atoms with Crippen molar-refractivity contribution in [3.63, 3.8) is 0 Å². The third-order valence-electron chi connectivity index (χ3n) is 10.4. The quantitative estimate of drug-likeness (QED) is 0.539. The van der Waals surface area contributed by atoms with E-state index >= 15 is 0 Å². The van der Waals surface area contributed by atoms with E-state index < -0.39 is 34.3 Å². The molecule has 6 atom stereocenters. The molecule has 1 aromatic carbocycles. The number of allylic oxidation sites excluding steroid dienone is 2. The Morgan fingerprint density at radius 3 is 2.68 bits per heavy atom. The summed E-state index contributed by atoms with van der Waals surface area (Å²) in [7, 11) is 1.58. The largest absolute Gasteiger partial charge is 0.504 e. The molecule has 37 heavy (non-hydrogen) atoms. The number of carbonyl (C=O) groups excluding carboxylic acids is 3. The molecule has 1 amide bonds. The molecule has 1 saturated heterocycles. The van der Waals surface area contributed by atoms with Crippen LogP contribution in [0, 0.1) is 17.3 Å². The molecule has 7 heteroatoms. The van der Waals surface area contributed by atoms with E-state index in [-0.39, 0.29) is 29.6 Å². The highest BCUT2D eigenvalue weighted by Gasteiger charge is 2.83. The SMILES string of the molecule is CCCCC[C@@H]1C(=O)N[C@@]23C[C@@]45/C(=C(/CC)CCC[C@H](OC)C(=O)[C@@]4(C)[C@@H]12)Oc1c(O)ccc(c15)C3=O. The number of hydrogen-bond donors (Lipinski definition) is 2. The molecule has 198 valence electrons. The number of methoxy groups -OCH3 is 1. The maximum atomic E-state index is 14.8. The minimum Gasteiger partial charge on any atom is -0.504 e. The zero-order chi connectivity index (χ0) is 26.3. The highest BCUT2D eigenvalue weighted by Crippen LogP contribution is 2.76. The van der Waals surface area contributed by atoms with Gasteiger partial charge in [0, 0.05) is 30.1 Å². The van der Waals surface area contributed by atoms with Crippen LogP contribution in [-0.4, -0.2) is 41.3 Å². The van der Waals surface area contributed by atoms with Gasteiger partial charge in [-0.25, -0.2) is 0 Å². The van der Waals surface area contributed by atoms with Crippen LogP contribution in [0.5, 0.6) is 11.5 Å². The Kier molecular flexibility index (Phi) is 5.44. The highest BCUT2D eigenvalue weighted by molar-refractivity contribution is 6.14. The number of phenolic OH excluding ortho intramolecular Hbond substituents is 1. The molecule has 6 rings (SSSR count). The van der Waals surface area contributed by atoms with Crippen molar-refractivity contribution in [3.05, 3.63) is 34.6 Å². The third-order valence-corrected chi connectivity index (χ3v) is 10.4. The van der Waals surface area contributed by atoms with Gasteiger partial charge in [0.1, 0.15) is 17.4 Å². The van der Waals surface area contributed by atoms with Gasteiger partial charge in [0.25, 0.3) is 0 Å². The van der Waals surface area contributed by atoms with Gasteiger partial charge in [-0.05, 0) is 56.2 Å². The first kappa shape index (κ1) is 24.7. The molecule has 2 aliphatic heterocycles. The second-order valence-electron chi connectivity index (χ2n) is 11.9. The average molecular weight is 508 g/mol. The Morgan fingerprint density at radius 2 is 1.97 bits per heavy atom. The van der Waals surface area contributed by atoms with Crippen LogP contribution in [0.1, 0.15) is 94.5 Å². The van der Waals surface area contributed by atoms with Crippen LogP contribution in [-0.2, 0) is 19.7 Å². The Bertz CT molecular complexity index is 1250. The molecule has 2 heterocycles. The summed E-state index contributed by atoms with van der Waals surface area (Å²) in [6.07, 6.45) is 5.97. The number of amides is 1. The van der Waals surface area contributed by atoms with Crippen LogP contribution in [0.3, 0.4) is 0 Å². The fraction of sp³-hybridized carbons (Fsp3) is 0.633. The lowest BCUT2D eigenvalue weighted by molar-refractivity contribution is -0.146. The second kappa shape index (κ2) is 8.16. The van der Waals surface area contributed by atoms with Crippen molar-refractivity contribution >= 4 is 17.5 Å². The van der Waals surface area contributed by atoms with Crippen molar-refractivity contribution in [1.29, 1.82) is 0 Å². The topological polar surface area (TPSA) is 102 Å². The fourth-order valence-electron chi connectivity index (χ4n) is 8.87. The van der Waals surface area contributed by atoms with E-state index in [0.29, 0.717) is 35.5 Å². The van der Waals surface area contributed by atoms with Crippen LogP contribution in [0.25, 0.3) is 0 Å². The van der Waals surface area contributed by atoms with E-state index in [9.17, 15) is 19.5 Å². The first-order chi connectivity index (χ1) is 17.7. The molecular weight excluding hydrogens is 470 g/mol. The number of phenols is 1. The van der Waals surface area contributed by atoms with Gasteiger partial charge in [0.2, 0.25) is 5.91 Å². The molecule has 0 aromatic heterocycles. The van der Waals surface area contributed by atoms with Crippen LogP contribution < -0.4 is 10.1 Å². The van der Waals surface area contributed by atoms with Gasteiger partial charge >= 0.3 is 0 Å². The first-order valence-corrected chi connectivity index (χ1v) is 13.9. The standard InChI is InChI=1S/C30H37NO6/c1-5-7-8-11-18-23-28(3)25(34)20(36-4)12-9-10-16(6-2)26-29(28)15-30(23,31-27(18)35)24(33)17-13-14-19(32)22(37-26)21(17)29/h13-14,18,20,23,32H,5-12,15H2,1-4H3,(H,31,35)/b26-16+/t18-,20-,23+,28+,29+,30-/m0/s1. The van der Waals surface area contributed by atoms with Crippen molar-refractivity contribution < 1.29 is 29.0 Å². The summed E-state index contributed by atoms with van der Waals surface area (Å²) in [5, 5.41) is 14.1. The van der Waals surface area contributed by atoms with Gasteiger partial charge < -0.3 is 19.9 Å². The summed E-state index contributed by atoms with van der Waals surface area (Å²) in [5.74, 6) is -0.363. The van der Waals surface area contributed by atoms with E-state index in [1.807, 2.05) is 6.92 Å². The number of Topliss-reactive ketones (excluding diaryl/α,β-unsaturated/α-hetero) is 2. The Hall–Kier alpha value is -2.67. The lowest BCUT2D eigenvalue weighted by atomic mass is 9.54. The smallest absolute Gasteiger partial charge is 0.224 e. The first-order valence-electron chi connectivity index (χ1n) is 13.9. The van der Waals surface area contributed by atoms with Gasteiger partial charge in [-0.1, -0.05) is 40.0 Å². The Balaban J connectivity index is 1.71. The maximum absolute atomic E-state index is 14.8. The zero-order valence-electron chi connectivity index (χ0n) is 22.2. The molecular formula is C30H37NO6. The van der Waals surface area contributed by atoms with Crippen LogP contribution >= 0.6 is 0 Å². The summed E-state index contributed by atoms with van der Waals surface area (Å²) in [4.78, 5) is 42.8. The molecule has 7 nitrogen and oxygen atoms in total. The number of ether oxygens (including phenoxy) is 2. The van der Waals surface area contributed by atoms with E-state index in [1.54, 1.807) is 13.2 Å². The molecule has 2 spiro atoms. The van der Waals surface area contributed by atoms with Gasteiger partial charge in [0.05, 0.1) is 10.8 Å². The Labute approximate surface area is 218 Å². The minimum absolute atomic E-state index is 0.0249. The number of benzene rings is 1. The summed E-state index contributed by atoms with van der Waals surface area (Å²) in [5.41, 5.74) is -1.08. The highest BCUT2D eigenvalue weighted by atomic mass is 16.5. The number of ketones is 2. The lowest BCUT2D eigenvalue weighted by Gasteiger charge is -2.45. The zero-order valence-corrected chi connectivity index (χ0v) is 22.2. The van der Waals surface area contributed by atoms with Crippen molar-refractivity contribution in [3.8, 4) is 11.5 Å². The summed E-state index contributed by atoms with van der Waals surface area (Å²) >= 11 is 0. The second-order valence-corrected chi connectivity index (χ2v) is 11.9. The monoisotopic (exact) mass is 507 g/mol. The van der Waals surface area contributed by atoms with Gasteiger partial charge in [0.15, 0.2) is 23.1 Å². The van der Waals surface area contributed by atoms with Crippen LogP contribution in [0.15, 0.2) is 23.5 Å². The number of rotatable bonds is 6. The maximum Gasteiger partial charge on any atom is 0.224 e. The predicted molar refractivity (Wildman–Crippen MR) is 136 cm³/mol. The molecule has 2 N–H and O–H groups in total. The van der Waals surface area contributed by atoms with Gasteiger partial charge in [-0.3, -0.25) is 14.4 Å². The minimum atomic E-state index is -1.19. The van der Waals surface area contributed by atoms with Crippen molar-refractivity contribution in [2.24, 2.45) is 17.3 Å². The van der Waals surface area contributed by atoms with Crippen molar-refractivity contribution in [2.45, 2.75) is 95.6 Å². The van der Waals surface area contributed by atoms with Gasteiger partial charge in [-0.2, -0.15) is 0 Å². The fourth-order valence-corrected chi connectivity index (χ4v) is 8.87. The molecule has 2 fully saturated rings. The van der Waals surface area contributed by atoms with E-state index in [1.165, 1.54) is 6.07 Å². The molecule has 3 aliphatic carbocycles.